The van der Waals surface area contributed by atoms with Gasteiger partial charge in [0.2, 0.25) is 0 Å². The third-order valence-electron chi connectivity index (χ3n) is 2.71. The summed E-state index contributed by atoms with van der Waals surface area (Å²) in [5.41, 5.74) is 5.12. The minimum atomic E-state index is -4.47. The van der Waals surface area contributed by atoms with Crippen molar-refractivity contribution in [3.8, 4) is 0 Å². The van der Waals surface area contributed by atoms with E-state index >= 15 is 0 Å². The summed E-state index contributed by atoms with van der Waals surface area (Å²) in [5.74, 6) is -0.608. The van der Waals surface area contributed by atoms with Crippen molar-refractivity contribution in [2.75, 3.05) is 11.1 Å². The minimum Gasteiger partial charge on any atom is -0.398 e. The minimum absolute atomic E-state index is 0.0316. The Morgan fingerprint density at radius 3 is 2.48 bits per heavy atom. The Bertz CT molecular complexity index is 686. The molecule has 0 aromatic heterocycles. The predicted molar refractivity (Wildman–Crippen MR) is 75.3 cm³/mol. The van der Waals surface area contributed by atoms with Gasteiger partial charge in [-0.1, -0.05) is 17.7 Å². The third-order valence-corrected chi connectivity index (χ3v) is 2.94. The Morgan fingerprint density at radius 2 is 1.86 bits per heavy atom. The monoisotopic (exact) mass is 314 g/mol. The summed E-state index contributed by atoms with van der Waals surface area (Å²) in [6.45, 7) is 0. The molecule has 7 heteroatoms. The lowest BCUT2D eigenvalue weighted by atomic mass is 10.1. The highest BCUT2D eigenvalue weighted by Crippen LogP contribution is 2.30. The van der Waals surface area contributed by atoms with Crippen molar-refractivity contribution in [3.05, 3.63) is 58.6 Å². The number of halogens is 4. The number of carbonyl (C=O) groups is 1. The van der Waals surface area contributed by atoms with Crippen molar-refractivity contribution >= 4 is 28.9 Å². The van der Waals surface area contributed by atoms with Gasteiger partial charge < -0.3 is 11.1 Å². The van der Waals surface area contributed by atoms with Crippen LogP contribution in [-0.4, -0.2) is 5.91 Å². The Labute approximate surface area is 123 Å². The van der Waals surface area contributed by atoms with E-state index in [1.54, 1.807) is 0 Å². The lowest BCUT2D eigenvalue weighted by molar-refractivity contribution is -0.137. The number of anilines is 2. The van der Waals surface area contributed by atoms with E-state index in [2.05, 4.69) is 5.32 Å². The van der Waals surface area contributed by atoms with Crippen LogP contribution >= 0.6 is 11.6 Å². The van der Waals surface area contributed by atoms with Gasteiger partial charge in [0.05, 0.1) is 11.1 Å². The number of hydrogen-bond acceptors (Lipinski definition) is 2. The van der Waals surface area contributed by atoms with Crippen molar-refractivity contribution in [1.29, 1.82) is 0 Å². The first kappa shape index (κ1) is 15.2. The summed E-state index contributed by atoms with van der Waals surface area (Å²) in [5, 5.41) is 2.73. The summed E-state index contributed by atoms with van der Waals surface area (Å²) in [6.07, 6.45) is -4.47. The van der Waals surface area contributed by atoms with E-state index in [4.69, 9.17) is 17.3 Å². The zero-order chi connectivity index (χ0) is 15.6. The molecule has 0 spiro atoms. The summed E-state index contributed by atoms with van der Waals surface area (Å²) >= 11 is 5.72. The van der Waals surface area contributed by atoms with Crippen LogP contribution in [0.4, 0.5) is 24.5 Å². The lowest BCUT2D eigenvalue weighted by Crippen LogP contribution is -2.14. The number of hydrogen-bond donors (Lipinski definition) is 2. The molecule has 0 aliphatic heterocycles. The number of nitrogens with two attached hydrogens (primary N) is 1. The molecular formula is C14H10ClF3N2O. The second-order valence-corrected chi connectivity index (χ2v) is 4.70. The Morgan fingerprint density at radius 1 is 1.14 bits per heavy atom. The molecule has 2 aromatic carbocycles. The second-order valence-electron chi connectivity index (χ2n) is 4.26. The van der Waals surface area contributed by atoms with Crippen molar-refractivity contribution in [1.82, 2.24) is 0 Å². The van der Waals surface area contributed by atoms with Crippen LogP contribution in [0.15, 0.2) is 42.5 Å². The maximum Gasteiger partial charge on any atom is 0.416 e. The van der Waals surface area contributed by atoms with Crippen molar-refractivity contribution < 1.29 is 18.0 Å². The molecule has 1 amide bonds. The number of nitrogens with one attached hydrogen (secondary N) is 1. The van der Waals surface area contributed by atoms with Crippen LogP contribution in [0, 0.1) is 0 Å². The Balaban J connectivity index is 2.24. The molecule has 0 unspecified atom stereocenters. The van der Waals surface area contributed by atoms with Crippen LogP contribution in [0.2, 0.25) is 5.02 Å². The molecule has 0 heterocycles. The molecule has 0 fully saturated rings. The smallest absolute Gasteiger partial charge is 0.398 e. The van der Waals surface area contributed by atoms with E-state index in [1.165, 1.54) is 30.3 Å². The SMILES string of the molecule is Nc1cc(Cl)ccc1C(=O)Nc1cccc(C(F)(F)F)c1. The molecule has 3 N–H and O–H groups in total. The van der Waals surface area contributed by atoms with Gasteiger partial charge in [-0.2, -0.15) is 13.2 Å². The molecule has 0 saturated carbocycles. The van der Waals surface area contributed by atoms with Crippen LogP contribution in [0.5, 0.6) is 0 Å². The lowest BCUT2D eigenvalue weighted by Gasteiger charge is -2.11. The van der Waals surface area contributed by atoms with Crippen LogP contribution in [0.1, 0.15) is 15.9 Å². The number of amides is 1. The number of rotatable bonds is 2. The standard InChI is InChI=1S/C14H10ClF3N2O/c15-9-4-5-11(12(19)7-9)13(21)20-10-3-1-2-8(6-10)14(16,17)18/h1-7H,19H2,(H,20,21). The van der Waals surface area contributed by atoms with Gasteiger partial charge in [-0.25, -0.2) is 0 Å². The van der Waals surface area contributed by atoms with E-state index < -0.39 is 17.6 Å². The molecule has 2 aromatic rings. The van der Waals surface area contributed by atoms with Gasteiger partial charge in [-0.05, 0) is 36.4 Å². The van der Waals surface area contributed by atoms with Crippen LogP contribution in [0.25, 0.3) is 0 Å². The van der Waals surface area contributed by atoms with Gasteiger partial charge in [0.1, 0.15) is 0 Å². The number of carbonyl (C=O) groups excluding carboxylic acids is 1. The van der Waals surface area contributed by atoms with Gasteiger partial charge in [-0.15, -0.1) is 0 Å². The highest BCUT2D eigenvalue weighted by molar-refractivity contribution is 6.31. The fraction of sp³-hybridized carbons (Fsp3) is 0.0714. The van der Waals surface area contributed by atoms with Crippen molar-refractivity contribution in [3.63, 3.8) is 0 Å². The molecular weight excluding hydrogens is 305 g/mol. The van der Waals surface area contributed by atoms with Gasteiger partial charge in [0.25, 0.3) is 5.91 Å². The topological polar surface area (TPSA) is 55.1 Å². The third kappa shape index (κ3) is 3.66. The molecule has 3 nitrogen and oxygen atoms in total. The predicted octanol–water partition coefficient (Wildman–Crippen LogP) is 4.19. The molecule has 110 valence electrons. The van der Waals surface area contributed by atoms with Crippen molar-refractivity contribution in [2.45, 2.75) is 6.18 Å². The van der Waals surface area contributed by atoms with Gasteiger partial charge in [0.15, 0.2) is 0 Å². The number of alkyl halides is 3. The Kier molecular flexibility index (Phi) is 4.09. The first-order valence-electron chi connectivity index (χ1n) is 5.81. The van der Waals surface area contributed by atoms with E-state index in [1.807, 2.05) is 0 Å². The molecule has 0 bridgehead atoms. The second kappa shape index (κ2) is 5.65. The summed E-state index contributed by atoms with van der Waals surface area (Å²) in [4.78, 5) is 12.0. The fourth-order valence-electron chi connectivity index (χ4n) is 1.71. The molecule has 0 radical (unpaired) electrons. The normalized spacial score (nSPS) is 11.2. The highest BCUT2D eigenvalue weighted by Gasteiger charge is 2.30. The van der Waals surface area contributed by atoms with Gasteiger partial charge in [0, 0.05) is 16.4 Å². The first-order valence-corrected chi connectivity index (χ1v) is 6.19. The average Bonchev–Trinajstić information content (AvgIpc) is 2.37. The van der Waals surface area contributed by atoms with Crippen molar-refractivity contribution in [2.24, 2.45) is 0 Å². The fourth-order valence-corrected chi connectivity index (χ4v) is 1.89. The molecule has 0 aliphatic rings. The number of benzene rings is 2. The summed E-state index contributed by atoms with van der Waals surface area (Å²) < 4.78 is 37.8. The maximum atomic E-state index is 12.6. The summed E-state index contributed by atoms with van der Waals surface area (Å²) in [7, 11) is 0. The molecule has 21 heavy (non-hydrogen) atoms. The average molecular weight is 315 g/mol. The van der Waals surface area contributed by atoms with Gasteiger partial charge >= 0.3 is 6.18 Å². The molecule has 0 saturated heterocycles. The highest BCUT2D eigenvalue weighted by atomic mass is 35.5. The van der Waals surface area contributed by atoms with Crippen LogP contribution in [0.3, 0.4) is 0 Å². The number of nitrogen functional groups attached to an aromatic ring is 1. The summed E-state index contributed by atoms with van der Waals surface area (Å²) in [6, 6.07) is 8.61. The molecule has 0 atom stereocenters. The molecule has 0 aliphatic carbocycles. The van der Waals surface area contributed by atoms with E-state index in [0.717, 1.165) is 12.1 Å². The van der Waals surface area contributed by atoms with E-state index in [9.17, 15) is 18.0 Å². The Hall–Kier alpha value is -2.21. The zero-order valence-electron chi connectivity index (χ0n) is 10.5. The van der Waals surface area contributed by atoms with E-state index in [0.29, 0.717) is 5.02 Å². The zero-order valence-corrected chi connectivity index (χ0v) is 11.3. The van der Waals surface area contributed by atoms with Gasteiger partial charge in [-0.3, -0.25) is 4.79 Å². The van der Waals surface area contributed by atoms with Crippen LogP contribution in [-0.2, 0) is 6.18 Å². The largest absolute Gasteiger partial charge is 0.416 e. The quantitative estimate of drug-likeness (QED) is 0.816. The van der Waals surface area contributed by atoms with Crippen LogP contribution < -0.4 is 11.1 Å². The molecule has 2 rings (SSSR count). The maximum absolute atomic E-state index is 12.6. The van der Waals surface area contributed by atoms with E-state index in [-0.39, 0.29) is 16.9 Å². The first-order chi connectivity index (χ1) is 9.77.